The molecule has 96 valence electrons. The maximum Gasteiger partial charge on any atom is 0.216 e. The molecule has 0 saturated heterocycles. The zero-order chi connectivity index (χ0) is 13.0. The number of hydrogen-bond acceptors (Lipinski definition) is 3. The maximum atomic E-state index is 12.1. The Morgan fingerprint density at radius 3 is 2.56 bits per heavy atom. The Hall–Kier alpha value is -1.71. The van der Waals surface area contributed by atoms with Crippen molar-refractivity contribution in [3.05, 3.63) is 46.0 Å². The zero-order valence-electron chi connectivity index (χ0n) is 10.2. The van der Waals surface area contributed by atoms with Gasteiger partial charge in [-0.25, -0.2) is 0 Å². The molecular weight excluding hydrogens is 230 g/mol. The van der Waals surface area contributed by atoms with E-state index in [1.165, 1.54) is 0 Å². The first-order chi connectivity index (χ1) is 8.68. The molecule has 1 aromatic rings. The lowest BCUT2D eigenvalue weighted by molar-refractivity contribution is -0.535. The summed E-state index contributed by atoms with van der Waals surface area (Å²) in [6, 6.07) is 8.50. The summed E-state index contributed by atoms with van der Waals surface area (Å²) in [7, 11) is 0. The summed E-state index contributed by atoms with van der Waals surface area (Å²) in [4.78, 5) is 22.8. The van der Waals surface area contributed by atoms with E-state index in [-0.39, 0.29) is 16.6 Å². The third-order valence-corrected chi connectivity index (χ3v) is 3.68. The third-order valence-electron chi connectivity index (χ3n) is 3.68. The Kier molecular flexibility index (Phi) is 4.07. The van der Waals surface area contributed by atoms with Gasteiger partial charge in [0.1, 0.15) is 0 Å². The standard InChI is InChI=1S/C14H17NO3/c16-14(11-6-2-1-3-7-11)10-12-8-4-5-9-13(12)15(17)18/h1-3,6-7,12-13H,4-5,8-10H2/t12-,13-/m1/s1. The lowest BCUT2D eigenvalue weighted by Gasteiger charge is -2.24. The SMILES string of the molecule is O=C(C[C@H]1CCCC[C@H]1[N+](=O)[O-])c1ccccc1. The van der Waals surface area contributed by atoms with Crippen LogP contribution in [-0.4, -0.2) is 16.7 Å². The molecule has 1 saturated carbocycles. The molecule has 1 aliphatic rings. The van der Waals surface area contributed by atoms with E-state index in [1.54, 1.807) is 12.1 Å². The molecular formula is C14H17NO3. The highest BCUT2D eigenvalue weighted by atomic mass is 16.6. The minimum atomic E-state index is -0.536. The molecule has 4 heteroatoms. The molecule has 0 N–H and O–H groups in total. The van der Waals surface area contributed by atoms with Crippen LogP contribution in [0.25, 0.3) is 0 Å². The highest BCUT2D eigenvalue weighted by Gasteiger charge is 2.35. The van der Waals surface area contributed by atoms with Crippen molar-refractivity contribution in [2.75, 3.05) is 0 Å². The number of nitro groups is 1. The number of Topliss-reactive ketones (excluding diaryl/α,β-unsaturated/α-hetero) is 1. The fourth-order valence-electron chi connectivity index (χ4n) is 2.68. The molecule has 1 fully saturated rings. The molecule has 0 amide bonds. The second-order valence-electron chi connectivity index (χ2n) is 4.89. The van der Waals surface area contributed by atoms with Crippen molar-refractivity contribution < 1.29 is 9.72 Å². The van der Waals surface area contributed by atoms with Gasteiger partial charge in [0, 0.05) is 29.2 Å². The van der Waals surface area contributed by atoms with Crippen LogP contribution in [0.3, 0.4) is 0 Å². The molecule has 2 rings (SSSR count). The van der Waals surface area contributed by atoms with Gasteiger partial charge in [-0.3, -0.25) is 14.9 Å². The van der Waals surface area contributed by atoms with Crippen LogP contribution >= 0.6 is 0 Å². The maximum absolute atomic E-state index is 12.1. The van der Waals surface area contributed by atoms with Gasteiger partial charge < -0.3 is 0 Å². The molecule has 0 radical (unpaired) electrons. The fourth-order valence-corrected chi connectivity index (χ4v) is 2.68. The molecule has 0 aromatic heterocycles. The summed E-state index contributed by atoms with van der Waals surface area (Å²) < 4.78 is 0. The van der Waals surface area contributed by atoms with Crippen LogP contribution in [0.5, 0.6) is 0 Å². The Labute approximate surface area is 106 Å². The lowest BCUT2D eigenvalue weighted by atomic mass is 9.81. The van der Waals surface area contributed by atoms with Crippen molar-refractivity contribution in [3.8, 4) is 0 Å². The largest absolute Gasteiger partial charge is 0.294 e. The predicted octanol–water partition coefficient (Wildman–Crippen LogP) is 3.09. The minimum Gasteiger partial charge on any atom is -0.294 e. The summed E-state index contributed by atoms with van der Waals surface area (Å²) in [6.45, 7) is 0. The van der Waals surface area contributed by atoms with Crippen molar-refractivity contribution in [1.82, 2.24) is 0 Å². The van der Waals surface area contributed by atoms with Crippen molar-refractivity contribution in [3.63, 3.8) is 0 Å². The van der Waals surface area contributed by atoms with Gasteiger partial charge in [-0.1, -0.05) is 36.8 Å². The molecule has 4 nitrogen and oxygen atoms in total. The van der Waals surface area contributed by atoms with Gasteiger partial charge in [0.15, 0.2) is 5.78 Å². The normalized spacial score (nSPS) is 23.6. The second-order valence-corrected chi connectivity index (χ2v) is 4.89. The molecule has 0 aliphatic heterocycles. The van der Waals surface area contributed by atoms with Gasteiger partial charge in [-0.05, 0) is 12.8 Å². The van der Waals surface area contributed by atoms with E-state index >= 15 is 0 Å². The first-order valence-corrected chi connectivity index (χ1v) is 6.40. The Balaban J connectivity index is 2.03. The van der Waals surface area contributed by atoms with E-state index in [1.807, 2.05) is 18.2 Å². The third kappa shape index (κ3) is 2.94. The molecule has 18 heavy (non-hydrogen) atoms. The van der Waals surface area contributed by atoms with E-state index in [0.29, 0.717) is 18.4 Å². The highest BCUT2D eigenvalue weighted by molar-refractivity contribution is 5.96. The summed E-state index contributed by atoms with van der Waals surface area (Å²) in [5.74, 6) is -0.0733. The first kappa shape index (κ1) is 12.7. The quantitative estimate of drug-likeness (QED) is 0.466. The first-order valence-electron chi connectivity index (χ1n) is 6.40. The molecule has 0 unspecified atom stereocenters. The van der Waals surface area contributed by atoms with Gasteiger partial charge in [-0.15, -0.1) is 0 Å². The van der Waals surface area contributed by atoms with Crippen molar-refractivity contribution in [1.29, 1.82) is 0 Å². The van der Waals surface area contributed by atoms with Crippen LogP contribution in [0.2, 0.25) is 0 Å². The Morgan fingerprint density at radius 2 is 1.89 bits per heavy atom. The van der Waals surface area contributed by atoms with E-state index in [9.17, 15) is 14.9 Å². The Morgan fingerprint density at radius 1 is 1.22 bits per heavy atom. The molecule has 2 atom stereocenters. The number of benzene rings is 1. The lowest BCUT2D eigenvalue weighted by Crippen LogP contribution is -2.33. The van der Waals surface area contributed by atoms with Crippen molar-refractivity contribution >= 4 is 5.78 Å². The summed E-state index contributed by atoms with van der Waals surface area (Å²) in [5.41, 5.74) is 0.658. The molecule has 1 aliphatic carbocycles. The van der Waals surface area contributed by atoms with Gasteiger partial charge in [0.05, 0.1) is 0 Å². The molecule has 0 heterocycles. The fraction of sp³-hybridized carbons (Fsp3) is 0.500. The molecule has 0 bridgehead atoms. The number of carbonyl (C=O) groups excluding carboxylic acids is 1. The molecule has 1 aromatic carbocycles. The topological polar surface area (TPSA) is 60.2 Å². The van der Waals surface area contributed by atoms with Crippen LogP contribution in [0, 0.1) is 16.0 Å². The number of ketones is 1. The van der Waals surface area contributed by atoms with Gasteiger partial charge in [0.25, 0.3) is 0 Å². The smallest absolute Gasteiger partial charge is 0.216 e. The van der Waals surface area contributed by atoms with E-state index in [2.05, 4.69) is 0 Å². The van der Waals surface area contributed by atoms with E-state index in [0.717, 1.165) is 19.3 Å². The van der Waals surface area contributed by atoms with Gasteiger partial charge >= 0.3 is 0 Å². The predicted molar refractivity (Wildman–Crippen MR) is 68.1 cm³/mol. The van der Waals surface area contributed by atoms with Crippen LogP contribution < -0.4 is 0 Å². The van der Waals surface area contributed by atoms with Crippen LogP contribution in [0.1, 0.15) is 42.5 Å². The van der Waals surface area contributed by atoms with Crippen LogP contribution in [0.4, 0.5) is 0 Å². The van der Waals surface area contributed by atoms with Crippen LogP contribution in [-0.2, 0) is 0 Å². The van der Waals surface area contributed by atoms with Crippen molar-refractivity contribution in [2.45, 2.75) is 38.1 Å². The number of rotatable bonds is 4. The van der Waals surface area contributed by atoms with E-state index in [4.69, 9.17) is 0 Å². The molecule has 0 spiro atoms. The van der Waals surface area contributed by atoms with Gasteiger partial charge in [0.2, 0.25) is 6.04 Å². The number of nitrogens with zero attached hydrogens (tertiary/aromatic N) is 1. The van der Waals surface area contributed by atoms with Crippen LogP contribution in [0.15, 0.2) is 30.3 Å². The summed E-state index contributed by atoms with van der Waals surface area (Å²) in [6.07, 6.45) is 3.61. The average molecular weight is 247 g/mol. The number of hydrogen-bond donors (Lipinski definition) is 0. The second kappa shape index (κ2) is 5.76. The highest BCUT2D eigenvalue weighted by Crippen LogP contribution is 2.29. The number of carbonyl (C=O) groups is 1. The van der Waals surface area contributed by atoms with Gasteiger partial charge in [-0.2, -0.15) is 0 Å². The summed E-state index contributed by atoms with van der Waals surface area (Å²) >= 11 is 0. The zero-order valence-corrected chi connectivity index (χ0v) is 10.2. The van der Waals surface area contributed by atoms with Crippen molar-refractivity contribution in [2.24, 2.45) is 5.92 Å². The monoisotopic (exact) mass is 247 g/mol. The average Bonchev–Trinajstić information content (AvgIpc) is 2.40. The minimum absolute atomic E-state index is 0.0225. The Bertz CT molecular complexity index is 430. The van der Waals surface area contributed by atoms with E-state index < -0.39 is 6.04 Å². The summed E-state index contributed by atoms with van der Waals surface area (Å²) in [5, 5.41) is 11.0.